The van der Waals surface area contributed by atoms with Crippen LogP contribution in [0.25, 0.3) is 0 Å². The lowest BCUT2D eigenvalue weighted by Gasteiger charge is -2.31. The molecular weight excluding hydrogens is 343 g/mol. The first-order valence-corrected chi connectivity index (χ1v) is 8.87. The van der Waals surface area contributed by atoms with Gasteiger partial charge in [-0.25, -0.2) is 0 Å². The zero-order valence-corrected chi connectivity index (χ0v) is 12.8. The number of hydrogen-bond donors (Lipinski definition) is 0. The molecule has 0 fully saturated rings. The first kappa shape index (κ1) is 13.0. The lowest BCUT2D eigenvalue weighted by Crippen LogP contribution is -2.27. The van der Waals surface area contributed by atoms with E-state index in [2.05, 4.69) is 52.3 Å². The molecule has 0 saturated carbocycles. The zero-order valence-electron chi connectivity index (χ0n) is 9.84. The molecular formula is C14H13IOS. The number of ketones is 1. The fraction of sp³-hybridized carbons (Fsp3) is 0.357. The third-order valence-corrected chi connectivity index (χ3v) is 4.10. The number of halogens is 1. The van der Waals surface area contributed by atoms with Crippen LogP contribution in [0, 0.1) is 11.2 Å². The molecule has 0 bridgehead atoms. The van der Waals surface area contributed by atoms with Crippen molar-refractivity contribution in [1.29, 1.82) is 0 Å². The largest absolute Gasteiger partial charge is 0.294 e. The van der Waals surface area contributed by atoms with Crippen LogP contribution >= 0.6 is 30.1 Å². The Morgan fingerprint density at radius 2 is 2.18 bits per heavy atom. The van der Waals surface area contributed by atoms with Gasteiger partial charge in [-0.15, -0.1) is 0 Å². The summed E-state index contributed by atoms with van der Waals surface area (Å²) in [6, 6.07) is 5.95. The van der Waals surface area contributed by atoms with Crippen LogP contribution in [0.1, 0.15) is 48.2 Å². The van der Waals surface area contributed by atoms with E-state index in [0.717, 1.165) is 23.1 Å². The van der Waals surface area contributed by atoms with Crippen molar-refractivity contribution in [3.05, 3.63) is 34.9 Å². The fourth-order valence-electron chi connectivity index (χ4n) is 2.20. The maximum atomic E-state index is 11.9. The molecule has 3 heteroatoms. The summed E-state index contributed by atoms with van der Waals surface area (Å²) in [5.41, 5.74) is 3.11. The molecule has 88 valence electrons. The molecule has 0 unspecified atom stereocenters. The van der Waals surface area contributed by atoms with Crippen LogP contribution in [0.2, 0.25) is 0 Å². The van der Waals surface area contributed by atoms with E-state index >= 15 is 0 Å². The highest BCUT2D eigenvalue weighted by atomic mass is 127. The number of fused-ring (bicyclic) bond motifs is 1. The third-order valence-electron chi connectivity index (χ3n) is 3.26. The Kier molecular flexibility index (Phi) is 3.84. The smallest absolute Gasteiger partial charge is 0.163 e. The standard InChI is InChI=1S/C14H13IOS/c1-14(2)7-5-13(16)11-4-3-10(6-8-17-15)9-12(11)14/h3-4,9H,5,7H2,1-2H3. The van der Waals surface area contributed by atoms with Gasteiger partial charge in [-0.2, -0.15) is 0 Å². The van der Waals surface area contributed by atoms with Crippen molar-refractivity contribution in [2.24, 2.45) is 0 Å². The van der Waals surface area contributed by atoms with Crippen molar-refractivity contribution in [3.63, 3.8) is 0 Å². The predicted molar refractivity (Wildman–Crippen MR) is 81.5 cm³/mol. The molecule has 1 aliphatic rings. The van der Waals surface area contributed by atoms with Crippen LogP contribution in [-0.4, -0.2) is 5.78 Å². The van der Waals surface area contributed by atoms with Gasteiger partial charge in [-0.05, 0) is 49.8 Å². The normalized spacial score (nSPS) is 17.0. The summed E-state index contributed by atoms with van der Waals surface area (Å²) in [6.45, 7) is 4.39. The van der Waals surface area contributed by atoms with Crippen LogP contribution in [-0.2, 0) is 5.41 Å². The molecule has 17 heavy (non-hydrogen) atoms. The molecule has 0 atom stereocenters. The first-order chi connectivity index (χ1) is 8.04. The van der Waals surface area contributed by atoms with E-state index in [0.29, 0.717) is 6.42 Å². The molecule has 1 aromatic rings. The number of hydrogen-bond acceptors (Lipinski definition) is 2. The second-order valence-electron chi connectivity index (χ2n) is 4.87. The Hall–Kier alpha value is -0.470. The second-order valence-corrected chi connectivity index (χ2v) is 6.55. The highest BCUT2D eigenvalue weighted by molar-refractivity contribution is 14.2. The van der Waals surface area contributed by atoms with Gasteiger partial charge in [0.15, 0.2) is 5.78 Å². The highest BCUT2D eigenvalue weighted by Crippen LogP contribution is 2.36. The maximum Gasteiger partial charge on any atom is 0.163 e. The van der Waals surface area contributed by atoms with Gasteiger partial charge < -0.3 is 0 Å². The van der Waals surface area contributed by atoms with Gasteiger partial charge in [0.2, 0.25) is 0 Å². The van der Waals surface area contributed by atoms with E-state index in [1.165, 1.54) is 8.93 Å². The SMILES string of the molecule is CC1(C)CCC(=O)c2ccc(C#CSI)cc21. The van der Waals surface area contributed by atoms with Crippen LogP contribution in [0.5, 0.6) is 0 Å². The van der Waals surface area contributed by atoms with E-state index in [4.69, 9.17) is 0 Å². The summed E-state index contributed by atoms with van der Waals surface area (Å²) in [5.74, 6) is 3.36. The van der Waals surface area contributed by atoms with Crippen LogP contribution in [0.3, 0.4) is 0 Å². The van der Waals surface area contributed by atoms with Crippen molar-refractivity contribution in [2.75, 3.05) is 0 Å². The monoisotopic (exact) mass is 356 g/mol. The summed E-state index contributed by atoms with van der Waals surface area (Å²) >= 11 is 2.16. The minimum atomic E-state index is 0.0817. The minimum absolute atomic E-state index is 0.0817. The molecule has 1 nitrogen and oxygen atoms in total. The molecule has 0 saturated heterocycles. The number of rotatable bonds is 0. The Morgan fingerprint density at radius 3 is 2.88 bits per heavy atom. The zero-order chi connectivity index (χ0) is 12.5. The topological polar surface area (TPSA) is 17.1 Å². The number of Topliss-reactive ketones (excluding diaryl/α,β-unsaturated/α-hetero) is 1. The van der Waals surface area contributed by atoms with E-state index in [1.54, 1.807) is 0 Å². The van der Waals surface area contributed by atoms with Gasteiger partial charge in [-0.1, -0.05) is 19.8 Å². The average molecular weight is 356 g/mol. The number of carbonyl (C=O) groups excluding carboxylic acids is 1. The summed E-state index contributed by atoms with van der Waals surface area (Å²) in [4.78, 5) is 11.9. The summed E-state index contributed by atoms with van der Waals surface area (Å²) in [5, 5.41) is 2.98. The van der Waals surface area contributed by atoms with Crippen LogP contribution in [0.15, 0.2) is 18.2 Å². The molecule has 0 aromatic heterocycles. The molecule has 0 heterocycles. The van der Waals surface area contributed by atoms with Gasteiger partial charge in [0.25, 0.3) is 0 Å². The van der Waals surface area contributed by atoms with Gasteiger partial charge >= 0.3 is 0 Å². The van der Waals surface area contributed by atoms with Crippen molar-refractivity contribution >= 4 is 35.9 Å². The Bertz CT molecular complexity index is 523. The first-order valence-electron chi connectivity index (χ1n) is 5.51. The van der Waals surface area contributed by atoms with Gasteiger partial charge in [0.1, 0.15) is 0 Å². The fourth-order valence-corrected chi connectivity index (χ4v) is 2.69. The van der Waals surface area contributed by atoms with Crippen molar-refractivity contribution in [1.82, 2.24) is 0 Å². The lowest BCUT2D eigenvalue weighted by molar-refractivity contribution is 0.0957. The predicted octanol–water partition coefficient (Wildman–Crippen LogP) is 4.33. The van der Waals surface area contributed by atoms with Crippen LogP contribution < -0.4 is 0 Å². The molecule has 0 N–H and O–H groups in total. The lowest BCUT2D eigenvalue weighted by atomic mass is 9.72. The van der Waals surface area contributed by atoms with E-state index in [-0.39, 0.29) is 11.2 Å². The van der Waals surface area contributed by atoms with Gasteiger partial charge in [0.05, 0.1) is 0 Å². The van der Waals surface area contributed by atoms with E-state index in [9.17, 15) is 4.79 Å². The average Bonchev–Trinajstić information content (AvgIpc) is 2.32. The molecule has 2 rings (SSSR count). The summed E-state index contributed by atoms with van der Waals surface area (Å²) < 4.78 is 0. The summed E-state index contributed by atoms with van der Waals surface area (Å²) in [7, 11) is 1.48. The molecule has 0 aliphatic heterocycles. The van der Waals surface area contributed by atoms with Crippen molar-refractivity contribution in [2.45, 2.75) is 32.1 Å². The van der Waals surface area contributed by atoms with Gasteiger partial charge in [-0.3, -0.25) is 4.79 Å². The molecule has 1 aliphatic carbocycles. The third kappa shape index (κ3) is 2.69. The number of benzene rings is 1. The Morgan fingerprint density at radius 1 is 1.41 bits per heavy atom. The van der Waals surface area contributed by atoms with Crippen molar-refractivity contribution < 1.29 is 4.79 Å². The number of carbonyl (C=O) groups is 1. The van der Waals surface area contributed by atoms with Crippen LogP contribution in [0.4, 0.5) is 0 Å². The highest BCUT2D eigenvalue weighted by Gasteiger charge is 2.31. The van der Waals surface area contributed by atoms with E-state index in [1.807, 2.05) is 12.1 Å². The Balaban J connectivity index is 2.52. The molecule has 0 amide bonds. The molecule has 1 aromatic carbocycles. The Labute approximate surface area is 118 Å². The molecule has 0 spiro atoms. The maximum absolute atomic E-state index is 11.9. The van der Waals surface area contributed by atoms with Gasteiger partial charge in [0, 0.05) is 38.8 Å². The van der Waals surface area contributed by atoms with E-state index < -0.39 is 0 Å². The quantitative estimate of drug-likeness (QED) is 0.508. The second kappa shape index (κ2) is 5.03. The van der Waals surface area contributed by atoms with Crippen molar-refractivity contribution in [3.8, 4) is 11.2 Å². The molecule has 0 radical (unpaired) electrons. The minimum Gasteiger partial charge on any atom is -0.294 e. The summed E-state index contributed by atoms with van der Waals surface area (Å²) in [6.07, 6.45) is 1.59.